The molecule has 4 heteroatoms. The molecule has 76 valence electrons. The van der Waals surface area contributed by atoms with Gasteiger partial charge in [0.2, 0.25) is 0 Å². The normalized spacial score (nSPS) is 55.0. The SMILES string of the molecule is C[C@@]12C(=O)OC(=O)[C@@]1(C)[C@H]1CC[C@H]2O1. The van der Waals surface area contributed by atoms with Crippen LogP contribution in [-0.4, -0.2) is 24.1 Å². The third-order valence-corrected chi connectivity index (χ3v) is 4.42. The first kappa shape index (κ1) is 8.41. The van der Waals surface area contributed by atoms with Crippen LogP contribution < -0.4 is 0 Å². The molecule has 0 aromatic carbocycles. The van der Waals surface area contributed by atoms with Gasteiger partial charge >= 0.3 is 11.9 Å². The third-order valence-electron chi connectivity index (χ3n) is 4.42. The monoisotopic (exact) mass is 196 g/mol. The number of cyclic esters (lactones) is 2. The maximum absolute atomic E-state index is 11.7. The van der Waals surface area contributed by atoms with E-state index >= 15 is 0 Å². The van der Waals surface area contributed by atoms with Crippen molar-refractivity contribution in [2.45, 2.75) is 38.9 Å². The largest absolute Gasteiger partial charge is 0.392 e. The van der Waals surface area contributed by atoms with Crippen LogP contribution in [0.25, 0.3) is 0 Å². The van der Waals surface area contributed by atoms with Gasteiger partial charge in [0, 0.05) is 0 Å². The molecule has 0 amide bonds. The molecule has 0 unspecified atom stereocenters. The lowest BCUT2D eigenvalue weighted by atomic mass is 9.59. The van der Waals surface area contributed by atoms with Gasteiger partial charge < -0.3 is 9.47 Å². The molecule has 4 atom stereocenters. The van der Waals surface area contributed by atoms with Crippen LogP contribution in [0.4, 0.5) is 0 Å². The number of rotatable bonds is 0. The van der Waals surface area contributed by atoms with Crippen LogP contribution in [0.3, 0.4) is 0 Å². The Bertz CT molecular complexity index is 318. The average molecular weight is 196 g/mol. The van der Waals surface area contributed by atoms with Crippen LogP contribution in [0.1, 0.15) is 26.7 Å². The van der Waals surface area contributed by atoms with Gasteiger partial charge in [-0.1, -0.05) is 0 Å². The maximum Gasteiger partial charge on any atom is 0.323 e. The molecule has 2 bridgehead atoms. The van der Waals surface area contributed by atoms with Crippen LogP contribution in [0, 0.1) is 10.8 Å². The topological polar surface area (TPSA) is 52.6 Å². The van der Waals surface area contributed by atoms with E-state index in [1.165, 1.54) is 0 Å². The van der Waals surface area contributed by atoms with Gasteiger partial charge in [-0.15, -0.1) is 0 Å². The number of carbonyl (C=O) groups is 2. The minimum Gasteiger partial charge on any atom is -0.392 e. The summed E-state index contributed by atoms with van der Waals surface area (Å²) in [5.74, 6) is -0.811. The molecule has 0 N–H and O–H groups in total. The second-order valence-corrected chi connectivity index (χ2v) is 4.77. The number of fused-ring (bicyclic) bond motifs is 5. The van der Waals surface area contributed by atoms with Gasteiger partial charge in [0.15, 0.2) is 0 Å². The zero-order valence-electron chi connectivity index (χ0n) is 8.20. The molecule has 0 aliphatic carbocycles. The van der Waals surface area contributed by atoms with E-state index in [2.05, 4.69) is 0 Å². The van der Waals surface area contributed by atoms with Crippen molar-refractivity contribution in [2.24, 2.45) is 10.8 Å². The number of hydrogen-bond donors (Lipinski definition) is 0. The lowest BCUT2D eigenvalue weighted by Crippen LogP contribution is -2.48. The smallest absolute Gasteiger partial charge is 0.323 e. The Kier molecular flexibility index (Phi) is 1.22. The molecule has 0 saturated carbocycles. The Morgan fingerprint density at radius 3 is 1.93 bits per heavy atom. The molecule has 3 aliphatic heterocycles. The van der Waals surface area contributed by atoms with Gasteiger partial charge in [-0.3, -0.25) is 9.59 Å². The highest BCUT2D eigenvalue weighted by Crippen LogP contribution is 2.63. The van der Waals surface area contributed by atoms with Crippen LogP contribution in [0.2, 0.25) is 0 Å². The molecule has 3 aliphatic rings. The van der Waals surface area contributed by atoms with Crippen LogP contribution in [-0.2, 0) is 19.1 Å². The number of carbonyl (C=O) groups excluding carboxylic acids is 2. The Morgan fingerprint density at radius 2 is 1.50 bits per heavy atom. The van der Waals surface area contributed by atoms with Crippen molar-refractivity contribution in [3.05, 3.63) is 0 Å². The second kappa shape index (κ2) is 2.03. The van der Waals surface area contributed by atoms with Gasteiger partial charge in [-0.2, -0.15) is 0 Å². The second-order valence-electron chi connectivity index (χ2n) is 4.77. The van der Waals surface area contributed by atoms with Crippen LogP contribution in [0.15, 0.2) is 0 Å². The van der Waals surface area contributed by atoms with E-state index in [9.17, 15) is 9.59 Å². The fraction of sp³-hybridized carbons (Fsp3) is 0.800. The molecule has 0 aromatic heterocycles. The van der Waals surface area contributed by atoms with Gasteiger partial charge in [0.25, 0.3) is 0 Å². The highest BCUT2D eigenvalue weighted by molar-refractivity contribution is 6.03. The summed E-state index contributed by atoms with van der Waals surface area (Å²) in [5, 5.41) is 0. The molecule has 3 rings (SSSR count). The zero-order valence-corrected chi connectivity index (χ0v) is 8.20. The van der Waals surface area contributed by atoms with E-state index in [4.69, 9.17) is 9.47 Å². The first-order chi connectivity index (χ1) is 6.51. The Morgan fingerprint density at radius 1 is 1.07 bits per heavy atom. The van der Waals surface area contributed by atoms with E-state index in [0.717, 1.165) is 12.8 Å². The van der Waals surface area contributed by atoms with Crippen molar-refractivity contribution in [3.63, 3.8) is 0 Å². The van der Waals surface area contributed by atoms with Gasteiger partial charge in [0.05, 0.1) is 12.2 Å². The first-order valence-corrected chi connectivity index (χ1v) is 4.93. The number of hydrogen-bond acceptors (Lipinski definition) is 4. The summed E-state index contributed by atoms with van der Waals surface area (Å²) in [5.41, 5.74) is -1.49. The van der Waals surface area contributed by atoms with E-state index in [0.29, 0.717) is 0 Å². The predicted octanol–water partition coefficient (Wildman–Crippen LogP) is 0.644. The first-order valence-electron chi connectivity index (χ1n) is 4.93. The molecule has 14 heavy (non-hydrogen) atoms. The van der Waals surface area contributed by atoms with Crippen molar-refractivity contribution >= 4 is 11.9 Å². The van der Waals surface area contributed by atoms with E-state index in [1.807, 2.05) is 0 Å². The summed E-state index contributed by atoms with van der Waals surface area (Å²) in [6, 6.07) is 0. The van der Waals surface area contributed by atoms with Crippen molar-refractivity contribution in [3.8, 4) is 0 Å². The molecule has 0 radical (unpaired) electrons. The van der Waals surface area contributed by atoms with Crippen molar-refractivity contribution in [1.29, 1.82) is 0 Å². The molecular weight excluding hydrogens is 184 g/mol. The Hall–Kier alpha value is -0.900. The number of ether oxygens (including phenoxy) is 2. The molecule has 3 heterocycles. The fourth-order valence-electron chi connectivity index (χ4n) is 3.14. The highest BCUT2D eigenvalue weighted by Gasteiger charge is 2.76. The van der Waals surface area contributed by atoms with Gasteiger partial charge in [-0.05, 0) is 26.7 Å². The quantitative estimate of drug-likeness (QED) is 0.421. The van der Waals surface area contributed by atoms with Crippen molar-refractivity contribution in [1.82, 2.24) is 0 Å². The zero-order chi connectivity index (χ0) is 10.1. The Balaban J connectivity index is 2.21. The molecule has 0 spiro atoms. The summed E-state index contributed by atoms with van der Waals surface area (Å²) in [6.45, 7) is 3.59. The van der Waals surface area contributed by atoms with Crippen LogP contribution in [0.5, 0.6) is 0 Å². The standard InChI is InChI=1S/C10H12O4/c1-9-5-3-4-6(13-5)10(9,2)8(12)14-7(9)11/h5-6H,3-4H2,1-2H3/t5-,6-,9-,10-/m1/s1. The fourth-order valence-corrected chi connectivity index (χ4v) is 3.14. The minimum atomic E-state index is -0.743. The summed E-state index contributed by atoms with van der Waals surface area (Å²) >= 11 is 0. The van der Waals surface area contributed by atoms with Gasteiger partial charge in [0.1, 0.15) is 10.8 Å². The maximum atomic E-state index is 11.7. The van der Waals surface area contributed by atoms with E-state index in [1.54, 1.807) is 13.8 Å². The summed E-state index contributed by atoms with van der Waals surface area (Å²) in [7, 11) is 0. The molecule has 4 nitrogen and oxygen atoms in total. The highest BCUT2D eigenvalue weighted by atomic mass is 16.6. The number of esters is 2. The predicted molar refractivity (Wildman–Crippen MR) is 45.2 cm³/mol. The lowest BCUT2D eigenvalue weighted by Gasteiger charge is -2.34. The summed E-state index contributed by atoms with van der Waals surface area (Å²) in [6.07, 6.45) is 1.46. The van der Waals surface area contributed by atoms with Crippen LogP contribution >= 0.6 is 0 Å². The average Bonchev–Trinajstić information content (AvgIpc) is 2.73. The molecule has 3 saturated heterocycles. The third kappa shape index (κ3) is 0.557. The minimum absolute atomic E-state index is 0.128. The molecule has 3 fully saturated rings. The van der Waals surface area contributed by atoms with E-state index in [-0.39, 0.29) is 12.2 Å². The lowest BCUT2D eigenvalue weighted by molar-refractivity contribution is -0.159. The summed E-state index contributed by atoms with van der Waals surface area (Å²) in [4.78, 5) is 23.3. The molecular formula is C10H12O4. The van der Waals surface area contributed by atoms with Gasteiger partial charge in [-0.25, -0.2) is 0 Å². The van der Waals surface area contributed by atoms with E-state index < -0.39 is 22.8 Å². The summed E-state index contributed by atoms with van der Waals surface area (Å²) < 4.78 is 10.4. The molecule has 0 aromatic rings. The van der Waals surface area contributed by atoms with Crippen molar-refractivity contribution < 1.29 is 19.1 Å². The van der Waals surface area contributed by atoms with Crippen molar-refractivity contribution in [2.75, 3.05) is 0 Å². The Labute approximate surface area is 81.6 Å².